The molecule has 0 aliphatic rings. The Morgan fingerprint density at radius 3 is 2.56 bits per heavy atom. The monoisotopic (exact) mass is 274 g/mol. The number of carboxylic acid groups (broad SMARTS) is 1. The molecule has 0 fully saturated rings. The largest absolute Gasteiger partial charge is 0.477 e. The van der Waals surface area contributed by atoms with E-state index in [1.807, 2.05) is 13.8 Å². The minimum atomic E-state index is -3.61. The van der Waals surface area contributed by atoms with E-state index < -0.39 is 16.0 Å². The number of hydrogen-bond acceptors (Lipinski definition) is 3. The van der Waals surface area contributed by atoms with Crippen LogP contribution >= 0.6 is 0 Å². The van der Waals surface area contributed by atoms with Crippen molar-refractivity contribution in [2.45, 2.75) is 25.2 Å². The van der Waals surface area contributed by atoms with Crippen LogP contribution in [0.25, 0.3) is 0 Å². The molecule has 0 saturated heterocycles. The number of rotatable bonds is 6. The van der Waals surface area contributed by atoms with Crippen LogP contribution in [0.5, 0.6) is 0 Å². The van der Waals surface area contributed by atoms with E-state index >= 15 is 0 Å². The Balaban J connectivity index is 2.87. The third-order valence-corrected chi connectivity index (χ3v) is 4.45. The molecule has 0 amide bonds. The van der Waals surface area contributed by atoms with Gasteiger partial charge in [0.05, 0.1) is 0 Å². The van der Waals surface area contributed by atoms with Crippen LogP contribution in [0.15, 0.2) is 17.2 Å². The van der Waals surface area contributed by atoms with Crippen LogP contribution < -0.4 is 0 Å². The number of nitrogens with one attached hydrogen (secondary N) is 1. The van der Waals surface area contributed by atoms with Crippen LogP contribution in [-0.2, 0) is 10.0 Å². The molecule has 1 heterocycles. The van der Waals surface area contributed by atoms with E-state index in [1.165, 1.54) is 17.5 Å². The number of aromatic carboxylic acids is 1. The van der Waals surface area contributed by atoms with Crippen molar-refractivity contribution in [1.29, 1.82) is 0 Å². The molecule has 1 rings (SSSR count). The summed E-state index contributed by atoms with van der Waals surface area (Å²) in [5, 5.41) is 8.74. The van der Waals surface area contributed by atoms with Gasteiger partial charge in [0.15, 0.2) is 0 Å². The molecule has 1 aromatic rings. The molecule has 102 valence electrons. The van der Waals surface area contributed by atoms with E-state index in [-0.39, 0.29) is 10.6 Å². The highest BCUT2D eigenvalue weighted by atomic mass is 32.2. The summed E-state index contributed by atoms with van der Waals surface area (Å²) in [5.41, 5.74) is -0.133. The summed E-state index contributed by atoms with van der Waals surface area (Å²) in [6, 6.07) is 1.13. The van der Waals surface area contributed by atoms with E-state index in [1.54, 1.807) is 0 Å². The summed E-state index contributed by atoms with van der Waals surface area (Å²) in [4.78, 5) is 13.1. The molecule has 0 spiro atoms. The Morgan fingerprint density at radius 2 is 2.11 bits per heavy atom. The van der Waals surface area contributed by atoms with Crippen molar-refractivity contribution in [3.8, 4) is 0 Å². The molecule has 18 heavy (non-hydrogen) atoms. The molecule has 2 N–H and O–H groups in total. The topological polar surface area (TPSA) is 90.5 Å². The van der Waals surface area contributed by atoms with Gasteiger partial charge in [-0.1, -0.05) is 13.8 Å². The Hall–Kier alpha value is -1.34. The van der Waals surface area contributed by atoms with Crippen molar-refractivity contribution in [2.75, 3.05) is 13.6 Å². The second-order valence-electron chi connectivity index (χ2n) is 4.56. The van der Waals surface area contributed by atoms with Crippen molar-refractivity contribution in [1.82, 2.24) is 9.29 Å². The minimum Gasteiger partial charge on any atom is -0.477 e. The first-order chi connectivity index (χ1) is 8.25. The van der Waals surface area contributed by atoms with Crippen molar-refractivity contribution in [2.24, 2.45) is 5.92 Å². The third-order valence-electron chi connectivity index (χ3n) is 2.62. The van der Waals surface area contributed by atoms with E-state index in [0.29, 0.717) is 12.5 Å². The molecule has 0 aliphatic carbocycles. The lowest BCUT2D eigenvalue weighted by Gasteiger charge is -2.17. The van der Waals surface area contributed by atoms with Gasteiger partial charge < -0.3 is 10.1 Å². The lowest BCUT2D eigenvalue weighted by Crippen LogP contribution is -2.28. The van der Waals surface area contributed by atoms with Gasteiger partial charge in [-0.25, -0.2) is 17.5 Å². The second-order valence-corrected chi connectivity index (χ2v) is 6.61. The predicted octanol–water partition coefficient (Wildman–Crippen LogP) is 1.38. The smallest absolute Gasteiger partial charge is 0.352 e. The summed E-state index contributed by atoms with van der Waals surface area (Å²) in [6.45, 7) is 4.44. The normalized spacial score (nSPS) is 12.3. The first-order valence-corrected chi connectivity index (χ1v) is 7.07. The zero-order valence-electron chi connectivity index (χ0n) is 10.7. The first kappa shape index (κ1) is 14.7. The highest BCUT2D eigenvalue weighted by molar-refractivity contribution is 7.89. The van der Waals surface area contributed by atoms with Crippen molar-refractivity contribution in [3.63, 3.8) is 0 Å². The number of hydrogen-bond donors (Lipinski definition) is 2. The first-order valence-electron chi connectivity index (χ1n) is 5.63. The van der Waals surface area contributed by atoms with E-state index in [9.17, 15) is 13.2 Å². The Morgan fingerprint density at radius 1 is 1.50 bits per heavy atom. The van der Waals surface area contributed by atoms with Gasteiger partial charge in [0.1, 0.15) is 10.6 Å². The van der Waals surface area contributed by atoms with Gasteiger partial charge in [-0.3, -0.25) is 0 Å². The SMILES string of the molecule is CC(C)CCN(C)S(=O)(=O)c1c[nH]c(C(=O)O)c1. The Bertz CT molecular complexity index is 519. The molecule has 0 radical (unpaired) electrons. The highest BCUT2D eigenvalue weighted by Gasteiger charge is 2.23. The average Bonchev–Trinajstić information content (AvgIpc) is 2.75. The quantitative estimate of drug-likeness (QED) is 0.820. The highest BCUT2D eigenvalue weighted by Crippen LogP contribution is 2.16. The fraction of sp³-hybridized carbons (Fsp3) is 0.545. The average molecular weight is 274 g/mol. The molecular formula is C11H18N2O4S. The summed E-state index contributed by atoms with van der Waals surface area (Å²) in [5.74, 6) is -0.773. The summed E-state index contributed by atoms with van der Waals surface area (Å²) >= 11 is 0. The predicted molar refractivity (Wildman–Crippen MR) is 67.0 cm³/mol. The van der Waals surface area contributed by atoms with Crippen molar-refractivity contribution < 1.29 is 18.3 Å². The van der Waals surface area contributed by atoms with Crippen LogP contribution in [0.3, 0.4) is 0 Å². The third kappa shape index (κ3) is 3.33. The Kier molecular flexibility index (Phi) is 4.53. The van der Waals surface area contributed by atoms with Gasteiger partial charge in [0, 0.05) is 19.8 Å². The standard InChI is InChI=1S/C11H18N2O4S/c1-8(2)4-5-13(3)18(16,17)9-6-10(11(14)15)12-7-9/h6-8,12H,4-5H2,1-3H3,(H,14,15). The van der Waals surface area contributed by atoms with Crippen LogP contribution in [0.1, 0.15) is 30.8 Å². The zero-order chi connectivity index (χ0) is 13.9. The van der Waals surface area contributed by atoms with Gasteiger partial charge in [-0.05, 0) is 18.4 Å². The molecule has 0 aliphatic heterocycles. The van der Waals surface area contributed by atoms with Crippen molar-refractivity contribution >= 4 is 16.0 Å². The van der Waals surface area contributed by atoms with Crippen LogP contribution in [-0.4, -0.2) is 42.4 Å². The van der Waals surface area contributed by atoms with Gasteiger partial charge in [-0.2, -0.15) is 0 Å². The van der Waals surface area contributed by atoms with Gasteiger partial charge in [0.25, 0.3) is 0 Å². The molecule has 0 saturated carbocycles. The van der Waals surface area contributed by atoms with Crippen molar-refractivity contribution in [3.05, 3.63) is 18.0 Å². The summed E-state index contributed by atoms with van der Waals surface area (Å²) in [7, 11) is -2.12. The number of sulfonamides is 1. The molecular weight excluding hydrogens is 256 g/mol. The maximum Gasteiger partial charge on any atom is 0.352 e. The number of aromatic nitrogens is 1. The number of H-pyrrole nitrogens is 1. The zero-order valence-corrected chi connectivity index (χ0v) is 11.5. The van der Waals surface area contributed by atoms with Crippen LogP contribution in [0, 0.1) is 5.92 Å². The number of carbonyl (C=O) groups is 1. The molecule has 1 aromatic heterocycles. The molecule has 0 aromatic carbocycles. The number of aromatic amines is 1. The van der Waals surface area contributed by atoms with Crippen LogP contribution in [0.4, 0.5) is 0 Å². The lowest BCUT2D eigenvalue weighted by molar-refractivity contribution is 0.0691. The maximum absolute atomic E-state index is 12.1. The molecule has 7 heteroatoms. The van der Waals surface area contributed by atoms with Crippen LogP contribution in [0.2, 0.25) is 0 Å². The number of carboxylic acids is 1. The minimum absolute atomic E-state index is 0.0221. The summed E-state index contributed by atoms with van der Waals surface area (Å²) < 4.78 is 25.4. The second kappa shape index (κ2) is 5.53. The summed E-state index contributed by atoms with van der Waals surface area (Å²) in [6.07, 6.45) is 1.95. The Labute approximate surface area is 107 Å². The van der Waals surface area contributed by atoms with Gasteiger partial charge >= 0.3 is 5.97 Å². The lowest BCUT2D eigenvalue weighted by atomic mass is 10.1. The fourth-order valence-corrected chi connectivity index (χ4v) is 2.57. The van der Waals surface area contributed by atoms with E-state index in [0.717, 1.165) is 12.5 Å². The van der Waals surface area contributed by atoms with Gasteiger partial charge in [-0.15, -0.1) is 0 Å². The van der Waals surface area contributed by atoms with E-state index in [2.05, 4.69) is 4.98 Å². The number of nitrogens with zero attached hydrogens (tertiary/aromatic N) is 1. The maximum atomic E-state index is 12.1. The molecule has 6 nitrogen and oxygen atoms in total. The molecule has 0 atom stereocenters. The fourth-order valence-electron chi connectivity index (χ4n) is 1.39. The van der Waals surface area contributed by atoms with E-state index in [4.69, 9.17) is 5.11 Å². The molecule has 0 bridgehead atoms. The van der Waals surface area contributed by atoms with Gasteiger partial charge in [0.2, 0.25) is 10.0 Å². The molecule has 0 unspecified atom stereocenters.